The molecule has 1 aromatic carbocycles. The van der Waals surface area contributed by atoms with Gasteiger partial charge in [0.25, 0.3) is 0 Å². The summed E-state index contributed by atoms with van der Waals surface area (Å²) in [6, 6.07) is 3.69. The van der Waals surface area contributed by atoms with Crippen LogP contribution in [-0.2, 0) is 14.3 Å². The molecule has 2 aliphatic heterocycles. The van der Waals surface area contributed by atoms with Gasteiger partial charge in [0.1, 0.15) is 0 Å². The Labute approximate surface area is 184 Å². The number of hydrogen-bond acceptors (Lipinski definition) is 6. The Balaban J connectivity index is 1.91. The fourth-order valence-electron chi connectivity index (χ4n) is 4.45. The van der Waals surface area contributed by atoms with Gasteiger partial charge in [-0.3, -0.25) is 4.79 Å². The fraction of sp³-hybridized carbons (Fsp3) is 0.478. The highest BCUT2D eigenvalue weighted by Crippen LogP contribution is 2.50. The zero-order valence-electron chi connectivity index (χ0n) is 17.8. The highest BCUT2D eigenvalue weighted by molar-refractivity contribution is 9.10. The lowest BCUT2D eigenvalue weighted by molar-refractivity contribution is -0.143. The lowest BCUT2D eigenvalue weighted by atomic mass is 9.68. The van der Waals surface area contributed by atoms with E-state index in [4.69, 9.17) is 14.2 Å². The summed E-state index contributed by atoms with van der Waals surface area (Å²) >= 11 is 3.63. The molecule has 1 aliphatic carbocycles. The zero-order chi connectivity index (χ0) is 21.8. The smallest absolute Gasteiger partial charge is 0.337 e. The quantitative estimate of drug-likeness (QED) is 0.636. The van der Waals surface area contributed by atoms with Crippen molar-refractivity contribution in [1.82, 2.24) is 5.32 Å². The molecule has 0 bridgehead atoms. The van der Waals surface area contributed by atoms with Gasteiger partial charge in [0.2, 0.25) is 6.79 Å². The molecule has 6 nitrogen and oxygen atoms in total. The minimum absolute atomic E-state index is 0.0469. The molecule has 4 rings (SSSR count). The summed E-state index contributed by atoms with van der Waals surface area (Å²) in [6.07, 6.45) is 0.893. The van der Waals surface area contributed by atoms with Gasteiger partial charge in [-0.05, 0) is 50.3 Å². The molecule has 0 unspecified atom stereocenters. The second kappa shape index (κ2) is 7.45. The third kappa shape index (κ3) is 3.64. The minimum Gasteiger partial charge on any atom is -0.460 e. The maximum absolute atomic E-state index is 13.3. The van der Waals surface area contributed by atoms with Crippen LogP contribution in [-0.4, -0.2) is 24.6 Å². The SMILES string of the molecule is CC1=C(C(=O)OC(C)C)[C@H](c2cc3c(cc2Br)OCO3)C2=C(CC(C)(C)CC2=O)N1. The average molecular weight is 476 g/mol. The molecule has 0 radical (unpaired) electrons. The number of rotatable bonds is 3. The third-order valence-corrected chi connectivity index (χ3v) is 6.29. The number of Topliss-reactive ketones (excluding diaryl/α,β-unsaturated/α-hetero) is 1. The van der Waals surface area contributed by atoms with Crippen molar-refractivity contribution in [3.63, 3.8) is 0 Å². The Morgan fingerprint density at radius 2 is 1.90 bits per heavy atom. The number of carbonyl (C=O) groups is 2. The van der Waals surface area contributed by atoms with Crippen LogP contribution in [0.1, 0.15) is 58.9 Å². The molecule has 0 saturated heterocycles. The first kappa shape index (κ1) is 21.0. The number of carbonyl (C=O) groups excluding carboxylic acids is 2. The summed E-state index contributed by atoms with van der Waals surface area (Å²) in [5.74, 6) is 0.322. The summed E-state index contributed by atoms with van der Waals surface area (Å²) in [7, 11) is 0. The number of allylic oxidation sites excluding steroid dienone is 3. The lowest BCUT2D eigenvalue weighted by Gasteiger charge is -2.39. The van der Waals surface area contributed by atoms with Gasteiger partial charge in [-0.2, -0.15) is 0 Å². The van der Waals surface area contributed by atoms with E-state index in [1.807, 2.05) is 32.9 Å². The Morgan fingerprint density at radius 1 is 1.23 bits per heavy atom. The number of benzene rings is 1. The Kier molecular flexibility index (Phi) is 5.21. The fourth-order valence-corrected chi connectivity index (χ4v) is 5.00. The monoisotopic (exact) mass is 475 g/mol. The highest BCUT2D eigenvalue weighted by atomic mass is 79.9. The van der Waals surface area contributed by atoms with E-state index in [1.54, 1.807) is 0 Å². The first-order chi connectivity index (χ1) is 14.1. The molecule has 30 heavy (non-hydrogen) atoms. The van der Waals surface area contributed by atoms with Crippen LogP contribution in [0.5, 0.6) is 11.5 Å². The van der Waals surface area contributed by atoms with Crippen LogP contribution in [0.15, 0.2) is 39.1 Å². The molecule has 0 amide bonds. The number of ether oxygens (including phenoxy) is 3. The molecule has 0 aromatic heterocycles. The number of dihydropyridines is 1. The molecule has 7 heteroatoms. The van der Waals surface area contributed by atoms with Crippen molar-refractivity contribution in [1.29, 1.82) is 0 Å². The van der Waals surface area contributed by atoms with Gasteiger partial charge in [-0.15, -0.1) is 0 Å². The predicted molar refractivity (Wildman–Crippen MR) is 115 cm³/mol. The normalized spacial score (nSPS) is 22.2. The van der Waals surface area contributed by atoms with E-state index in [-0.39, 0.29) is 24.1 Å². The van der Waals surface area contributed by atoms with Crippen LogP contribution in [0.4, 0.5) is 0 Å². The molecule has 1 atom stereocenters. The Morgan fingerprint density at radius 3 is 2.57 bits per heavy atom. The van der Waals surface area contributed by atoms with E-state index in [0.717, 1.165) is 22.2 Å². The van der Waals surface area contributed by atoms with Gasteiger partial charge < -0.3 is 19.5 Å². The number of hydrogen-bond donors (Lipinski definition) is 1. The van der Waals surface area contributed by atoms with E-state index >= 15 is 0 Å². The van der Waals surface area contributed by atoms with Crippen molar-refractivity contribution >= 4 is 27.7 Å². The number of halogens is 1. The van der Waals surface area contributed by atoms with Gasteiger partial charge in [0.05, 0.1) is 11.7 Å². The number of fused-ring (bicyclic) bond motifs is 1. The van der Waals surface area contributed by atoms with Gasteiger partial charge >= 0.3 is 5.97 Å². The molecule has 1 aromatic rings. The van der Waals surface area contributed by atoms with Gasteiger partial charge in [-0.1, -0.05) is 29.8 Å². The maximum atomic E-state index is 13.3. The Bertz CT molecular complexity index is 1010. The molecule has 0 fully saturated rings. The van der Waals surface area contributed by atoms with Crippen molar-refractivity contribution in [3.05, 3.63) is 44.7 Å². The average Bonchev–Trinajstić information content (AvgIpc) is 3.04. The second-order valence-electron chi connectivity index (χ2n) is 9.11. The molecule has 0 saturated carbocycles. The second-order valence-corrected chi connectivity index (χ2v) is 9.97. The largest absolute Gasteiger partial charge is 0.460 e. The predicted octanol–water partition coefficient (Wildman–Crippen LogP) is 4.73. The van der Waals surface area contributed by atoms with E-state index in [1.165, 1.54) is 0 Å². The third-order valence-electron chi connectivity index (χ3n) is 5.61. The van der Waals surface area contributed by atoms with Crippen molar-refractivity contribution in [3.8, 4) is 11.5 Å². The standard InChI is InChI=1S/C23H26BrNO5/c1-11(2)30-22(27)19-12(3)25-15-8-23(4,5)9-16(26)21(15)20(19)13-6-17-18(7-14(13)24)29-10-28-17/h6-7,11,20,25H,8-10H2,1-5H3/t20-/m0/s1. The molecular weight excluding hydrogens is 450 g/mol. The van der Waals surface area contributed by atoms with Gasteiger partial charge in [0, 0.05) is 33.8 Å². The minimum atomic E-state index is -0.542. The lowest BCUT2D eigenvalue weighted by Crippen LogP contribution is -2.39. The zero-order valence-corrected chi connectivity index (χ0v) is 19.4. The number of esters is 1. The molecule has 0 spiro atoms. The van der Waals surface area contributed by atoms with E-state index in [9.17, 15) is 9.59 Å². The Hall–Kier alpha value is -2.28. The van der Waals surface area contributed by atoms with Crippen LogP contribution >= 0.6 is 15.9 Å². The summed E-state index contributed by atoms with van der Waals surface area (Å²) in [4.78, 5) is 26.5. The summed E-state index contributed by atoms with van der Waals surface area (Å²) in [5, 5.41) is 3.35. The highest BCUT2D eigenvalue weighted by Gasteiger charge is 2.44. The topological polar surface area (TPSA) is 73.9 Å². The van der Waals surface area contributed by atoms with Crippen LogP contribution in [0, 0.1) is 5.41 Å². The molecule has 3 aliphatic rings. The van der Waals surface area contributed by atoms with Crippen LogP contribution in [0.25, 0.3) is 0 Å². The van der Waals surface area contributed by atoms with Gasteiger partial charge in [-0.25, -0.2) is 4.79 Å². The van der Waals surface area contributed by atoms with E-state index < -0.39 is 11.9 Å². The molecule has 2 heterocycles. The molecule has 1 N–H and O–H groups in total. The van der Waals surface area contributed by atoms with Crippen molar-refractivity contribution in [2.75, 3.05) is 6.79 Å². The summed E-state index contributed by atoms with van der Waals surface area (Å²) in [5.41, 5.74) is 3.32. The van der Waals surface area contributed by atoms with Crippen LogP contribution < -0.4 is 14.8 Å². The van der Waals surface area contributed by atoms with E-state index in [2.05, 4.69) is 35.1 Å². The first-order valence-corrected chi connectivity index (χ1v) is 10.9. The van der Waals surface area contributed by atoms with Crippen LogP contribution in [0.3, 0.4) is 0 Å². The molecule has 160 valence electrons. The van der Waals surface area contributed by atoms with Crippen molar-refractivity contribution in [2.24, 2.45) is 5.41 Å². The van der Waals surface area contributed by atoms with Gasteiger partial charge in [0.15, 0.2) is 17.3 Å². The number of ketones is 1. The molecular formula is C23H26BrNO5. The summed E-state index contributed by atoms with van der Waals surface area (Å²) in [6.45, 7) is 9.81. The van der Waals surface area contributed by atoms with Crippen LogP contribution in [0.2, 0.25) is 0 Å². The first-order valence-electron chi connectivity index (χ1n) is 10.1. The summed E-state index contributed by atoms with van der Waals surface area (Å²) < 4.78 is 17.4. The van der Waals surface area contributed by atoms with Crippen molar-refractivity contribution in [2.45, 2.75) is 59.5 Å². The number of nitrogens with one attached hydrogen (secondary N) is 1. The maximum Gasteiger partial charge on any atom is 0.337 e. The van der Waals surface area contributed by atoms with E-state index in [0.29, 0.717) is 34.8 Å². The van der Waals surface area contributed by atoms with Crippen molar-refractivity contribution < 1.29 is 23.8 Å².